The number of pyridine rings is 1. The highest BCUT2D eigenvalue weighted by Crippen LogP contribution is 2.28. The first-order valence-corrected chi connectivity index (χ1v) is 13.7. The average Bonchev–Trinajstić information content (AvgIpc) is 3.39. The van der Waals surface area contributed by atoms with E-state index in [0.717, 1.165) is 11.3 Å². The molecule has 174 valence electrons. The lowest BCUT2D eigenvalue weighted by Gasteiger charge is -2.29. The fourth-order valence-electron chi connectivity index (χ4n) is 3.94. The summed E-state index contributed by atoms with van der Waals surface area (Å²) < 4.78 is 25.9. The number of hydrogen-bond donors (Lipinski definition) is 0. The number of aromatic nitrogens is 4. The Morgan fingerprint density at radius 1 is 1.15 bits per heavy atom. The number of hydrogen-bond acceptors (Lipinski definition) is 7. The van der Waals surface area contributed by atoms with Gasteiger partial charge in [0.05, 0.1) is 17.3 Å². The molecule has 3 heterocycles. The van der Waals surface area contributed by atoms with Crippen molar-refractivity contribution in [3.63, 3.8) is 0 Å². The monoisotopic (exact) mass is 485 g/mol. The van der Waals surface area contributed by atoms with Gasteiger partial charge in [-0.2, -0.15) is 0 Å². The summed E-state index contributed by atoms with van der Waals surface area (Å²) in [5, 5.41) is 9.36. The summed E-state index contributed by atoms with van der Waals surface area (Å²) >= 11 is 1.31. The molecule has 1 fully saturated rings. The van der Waals surface area contributed by atoms with Crippen LogP contribution in [-0.2, 0) is 14.6 Å². The van der Waals surface area contributed by atoms with Gasteiger partial charge in [0.25, 0.3) is 0 Å². The minimum Gasteiger partial charge on any atom is -0.338 e. The van der Waals surface area contributed by atoms with E-state index >= 15 is 0 Å². The van der Waals surface area contributed by atoms with Gasteiger partial charge in [0.2, 0.25) is 5.91 Å². The molecule has 1 aromatic carbocycles. The largest absolute Gasteiger partial charge is 0.338 e. The van der Waals surface area contributed by atoms with Gasteiger partial charge in [-0.25, -0.2) is 8.42 Å². The number of rotatable bonds is 8. The van der Waals surface area contributed by atoms with Gasteiger partial charge < -0.3 is 4.90 Å². The van der Waals surface area contributed by atoms with Gasteiger partial charge >= 0.3 is 0 Å². The Bertz CT molecular complexity index is 1200. The Labute approximate surface area is 198 Å². The highest BCUT2D eigenvalue weighted by molar-refractivity contribution is 7.99. The Morgan fingerprint density at radius 2 is 1.88 bits per heavy atom. The predicted molar refractivity (Wildman–Crippen MR) is 129 cm³/mol. The molecule has 0 bridgehead atoms. The van der Waals surface area contributed by atoms with E-state index in [0.29, 0.717) is 23.9 Å². The number of nitrogens with zero attached hydrogens (tertiary/aromatic N) is 5. The fraction of sp³-hybridized carbons (Fsp3) is 0.391. The fourth-order valence-corrected chi connectivity index (χ4v) is 6.51. The van der Waals surface area contributed by atoms with Gasteiger partial charge in [0.1, 0.15) is 0 Å². The number of carbonyl (C=O) groups is 1. The third-order valence-corrected chi connectivity index (χ3v) is 8.11. The maximum atomic E-state index is 13.2. The van der Waals surface area contributed by atoms with Gasteiger partial charge in [-0.05, 0) is 36.6 Å². The van der Waals surface area contributed by atoms with E-state index in [1.54, 1.807) is 17.3 Å². The number of benzene rings is 1. The number of carbonyl (C=O) groups excluding carboxylic acids is 1. The molecule has 10 heteroatoms. The maximum Gasteiger partial charge on any atom is 0.233 e. The molecule has 1 atom stereocenters. The first-order valence-electron chi connectivity index (χ1n) is 10.9. The quantitative estimate of drug-likeness (QED) is 0.452. The topological polar surface area (TPSA) is 98.1 Å². The van der Waals surface area contributed by atoms with E-state index in [2.05, 4.69) is 15.2 Å². The predicted octanol–water partition coefficient (Wildman–Crippen LogP) is 3.09. The molecule has 1 unspecified atom stereocenters. The van der Waals surface area contributed by atoms with Gasteiger partial charge in [-0.1, -0.05) is 43.8 Å². The Hall–Kier alpha value is -2.72. The zero-order chi connectivity index (χ0) is 23.4. The summed E-state index contributed by atoms with van der Waals surface area (Å²) in [5.74, 6) is 1.18. The highest BCUT2D eigenvalue weighted by atomic mass is 32.2. The SMILES string of the molecule is CC(C)CN(C(=O)CSc1nnc(-c2ccncc2)n1-c1ccccc1)C1CCS(=O)(=O)C1. The lowest BCUT2D eigenvalue weighted by molar-refractivity contribution is -0.130. The summed E-state index contributed by atoms with van der Waals surface area (Å²) in [5.41, 5.74) is 1.77. The van der Waals surface area contributed by atoms with Crippen molar-refractivity contribution in [3.8, 4) is 17.1 Å². The zero-order valence-corrected chi connectivity index (χ0v) is 20.3. The molecule has 2 aromatic heterocycles. The molecule has 3 aromatic rings. The van der Waals surface area contributed by atoms with Crippen LogP contribution in [0, 0.1) is 5.92 Å². The minimum absolute atomic E-state index is 0.0442. The second-order valence-electron chi connectivity index (χ2n) is 8.50. The standard InChI is InChI=1S/C23H27N5O3S2/c1-17(2)14-27(20-10-13-33(30,31)16-20)21(29)15-32-23-26-25-22(18-8-11-24-12-9-18)28(23)19-6-4-3-5-7-19/h3-9,11-12,17,20H,10,13-16H2,1-2H3. The molecule has 0 N–H and O–H groups in total. The van der Waals surface area contributed by atoms with Gasteiger partial charge in [-0.15, -0.1) is 10.2 Å². The lowest BCUT2D eigenvalue weighted by Crippen LogP contribution is -2.44. The van der Waals surface area contributed by atoms with Crippen LogP contribution in [0.3, 0.4) is 0 Å². The molecule has 1 amide bonds. The summed E-state index contributed by atoms with van der Waals surface area (Å²) in [6.07, 6.45) is 3.90. The Kier molecular flexibility index (Phi) is 7.14. The van der Waals surface area contributed by atoms with Gasteiger partial charge in [0, 0.05) is 36.2 Å². The Balaban J connectivity index is 1.58. The van der Waals surface area contributed by atoms with Gasteiger partial charge in [0.15, 0.2) is 20.8 Å². The van der Waals surface area contributed by atoms with Gasteiger partial charge in [-0.3, -0.25) is 14.3 Å². The molecule has 0 spiro atoms. The molecule has 33 heavy (non-hydrogen) atoms. The zero-order valence-electron chi connectivity index (χ0n) is 18.7. The van der Waals surface area contributed by atoms with Crippen molar-refractivity contribution in [2.45, 2.75) is 31.5 Å². The van der Waals surface area contributed by atoms with Crippen molar-refractivity contribution >= 4 is 27.5 Å². The van der Waals surface area contributed by atoms with Crippen LogP contribution in [0.4, 0.5) is 0 Å². The van der Waals surface area contributed by atoms with Crippen molar-refractivity contribution in [1.82, 2.24) is 24.6 Å². The van der Waals surface area contributed by atoms with Crippen molar-refractivity contribution in [2.24, 2.45) is 5.92 Å². The molecule has 1 aliphatic heterocycles. The van der Waals surface area contributed by atoms with E-state index in [4.69, 9.17) is 0 Å². The molecule has 0 aliphatic carbocycles. The molecule has 1 saturated heterocycles. The summed E-state index contributed by atoms with van der Waals surface area (Å²) in [4.78, 5) is 19.0. The molecule has 8 nitrogen and oxygen atoms in total. The maximum absolute atomic E-state index is 13.2. The lowest BCUT2D eigenvalue weighted by atomic mass is 10.1. The van der Waals surface area contributed by atoms with Crippen molar-refractivity contribution < 1.29 is 13.2 Å². The van der Waals surface area contributed by atoms with Crippen LogP contribution in [0.5, 0.6) is 0 Å². The van der Waals surface area contributed by atoms with Crippen LogP contribution in [0.2, 0.25) is 0 Å². The number of amides is 1. The molecular weight excluding hydrogens is 458 g/mol. The molecular formula is C23H27N5O3S2. The normalized spacial score (nSPS) is 17.4. The molecule has 0 radical (unpaired) electrons. The summed E-state index contributed by atoms with van der Waals surface area (Å²) in [6, 6.07) is 13.2. The van der Waals surface area contributed by atoms with Crippen molar-refractivity contribution in [3.05, 3.63) is 54.9 Å². The first-order chi connectivity index (χ1) is 15.8. The third-order valence-electron chi connectivity index (χ3n) is 5.44. The van der Waals surface area contributed by atoms with E-state index < -0.39 is 9.84 Å². The van der Waals surface area contributed by atoms with E-state index in [1.165, 1.54) is 11.8 Å². The summed E-state index contributed by atoms with van der Waals surface area (Å²) in [6.45, 7) is 4.60. The first kappa shape index (κ1) is 23.4. The minimum atomic E-state index is -3.08. The molecule has 1 aliphatic rings. The highest BCUT2D eigenvalue weighted by Gasteiger charge is 2.35. The summed E-state index contributed by atoms with van der Waals surface area (Å²) in [7, 11) is -3.08. The average molecular weight is 486 g/mol. The van der Waals surface area contributed by atoms with Crippen LogP contribution in [-0.4, -0.2) is 68.8 Å². The van der Waals surface area contributed by atoms with E-state index in [9.17, 15) is 13.2 Å². The van der Waals surface area contributed by atoms with Crippen LogP contribution >= 0.6 is 11.8 Å². The van der Waals surface area contributed by atoms with Crippen molar-refractivity contribution in [1.29, 1.82) is 0 Å². The van der Waals surface area contributed by atoms with Crippen LogP contribution < -0.4 is 0 Å². The van der Waals surface area contributed by atoms with E-state index in [1.807, 2.05) is 60.9 Å². The molecule has 0 saturated carbocycles. The van der Waals surface area contributed by atoms with E-state index in [-0.39, 0.29) is 35.1 Å². The number of thioether (sulfide) groups is 1. The molecule has 4 rings (SSSR count). The second-order valence-corrected chi connectivity index (χ2v) is 11.7. The van der Waals surface area contributed by atoms with Crippen LogP contribution in [0.1, 0.15) is 20.3 Å². The van der Waals surface area contributed by atoms with Crippen LogP contribution in [0.25, 0.3) is 17.1 Å². The third kappa shape index (κ3) is 5.62. The number of sulfone groups is 1. The van der Waals surface area contributed by atoms with Crippen LogP contribution in [0.15, 0.2) is 60.0 Å². The second kappa shape index (κ2) is 10.0. The van der Waals surface area contributed by atoms with Crippen molar-refractivity contribution in [2.75, 3.05) is 23.8 Å². The smallest absolute Gasteiger partial charge is 0.233 e. The number of para-hydroxylation sites is 1. The Morgan fingerprint density at radius 3 is 2.52 bits per heavy atom.